The summed E-state index contributed by atoms with van der Waals surface area (Å²) in [4.78, 5) is 23.2. The van der Waals surface area contributed by atoms with Gasteiger partial charge in [-0.1, -0.05) is 19.3 Å². The average Bonchev–Trinajstić information content (AvgIpc) is 2.91. The van der Waals surface area contributed by atoms with E-state index >= 15 is 0 Å². The average molecular weight is 248 g/mol. The van der Waals surface area contributed by atoms with Crippen LogP contribution in [-0.2, 0) is 6.42 Å². The number of furan rings is 1. The van der Waals surface area contributed by atoms with Crippen LogP contribution in [0.2, 0.25) is 0 Å². The maximum atomic E-state index is 11.9. The van der Waals surface area contributed by atoms with E-state index in [1.165, 1.54) is 6.42 Å². The lowest BCUT2D eigenvalue weighted by Gasteiger charge is -2.21. The standard InChI is InChI=1S/C14H16O4/c15-9-6-7-10-12(9)11(13(18-10)14(16)17)8-4-2-1-3-5-8/h8H,1-7H2,(H,16,17). The van der Waals surface area contributed by atoms with E-state index in [9.17, 15) is 14.7 Å². The van der Waals surface area contributed by atoms with E-state index in [1.807, 2.05) is 0 Å². The molecule has 1 N–H and O–H groups in total. The number of fused-ring (bicyclic) bond motifs is 1. The Kier molecular flexibility index (Phi) is 2.73. The van der Waals surface area contributed by atoms with Gasteiger partial charge in [-0.3, -0.25) is 4.79 Å². The third-order valence-electron chi connectivity index (χ3n) is 4.08. The molecule has 1 fully saturated rings. The molecule has 1 saturated carbocycles. The summed E-state index contributed by atoms with van der Waals surface area (Å²) in [7, 11) is 0. The van der Waals surface area contributed by atoms with Crippen molar-refractivity contribution >= 4 is 11.8 Å². The number of aryl methyl sites for hydroxylation is 1. The fourth-order valence-electron chi connectivity index (χ4n) is 3.27. The summed E-state index contributed by atoms with van der Waals surface area (Å²) < 4.78 is 5.42. The Balaban J connectivity index is 2.09. The zero-order valence-corrected chi connectivity index (χ0v) is 10.2. The van der Waals surface area contributed by atoms with Gasteiger partial charge in [0.2, 0.25) is 5.76 Å². The molecular formula is C14H16O4. The van der Waals surface area contributed by atoms with Crippen LogP contribution >= 0.6 is 0 Å². The first kappa shape index (κ1) is 11.5. The number of rotatable bonds is 2. The van der Waals surface area contributed by atoms with Gasteiger partial charge < -0.3 is 9.52 Å². The molecule has 0 aromatic carbocycles. The van der Waals surface area contributed by atoms with E-state index in [2.05, 4.69) is 0 Å². The summed E-state index contributed by atoms with van der Waals surface area (Å²) in [5.74, 6) is -0.183. The second-order valence-electron chi connectivity index (χ2n) is 5.21. The highest BCUT2D eigenvalue weighted by Crippen LogP contribution is 2.41. The van der Waals surface area contributed by atoms with E-state index in [-0.39, 0.29) is 17.5 Å². The van der Waals surface area contributed by atoms with Crippen LogP contribution in [0.5, 0.6) is 0 Å². The van der Waals surface area contributed by atoms with Crippen LogP contribution < -0.4 is 0 Å². The molecule has 0 radical (unpaired) electrons. The lowest BCUT2D eigenvalue weighted by Crippen LogP contribution is -2.12. The van der Waals surface area contributed by atoms with Crippen LogP contribution in [0.1, 0.15) is 76.7 Å². The lowest BCUT2D eigenvalue weighted by molar-refractivity contribution is 0.0657. The van der Waals surface area contributed by atoms with Crippen molar-refractivity contribution in [1.29, 1.82) is 0 Å². The molecule has 3 rings (SSSR count). The summed E-state index contributed by atoms with van der Waals surface area (Å²) in [5.41, 5.74) is 1.29. The third kappa shape index (κ3) is 1.67. The van der Waals surface area contributed by atoms with Crippen molar-refractivity contribution < 1.29 is 19.1 Å². The molecule has 0 unspecified atom stereocenters. The number of ketones is 1. The minimum atomic E-state index is -1.04. The molecule has 2 aliphatic rings. The maximum Gasteiger partial charge on any atom is 0.372 e. The molecule has 2 aliphatic carbocycles. The van der Waals surface area contributed by atoms with Crippen molar-refractivity contribution in [1.82, 2.24) is 0 Å². The molecule has 0 aliphatic heterocycles. The number of carbonyl (C=O) groups excluding carboxylic acids is 1. The predicted octanol–water partition coefficient (Wildman–Crippen LogP) is 3.15. The quantitative estimate of drug-likeness (QED) is 0.872. The van der Waals surface area contributed by atoms with E-state index < -0.39 is 5.97 Å². The molecule has 4 heteroatoms. The summed E-state index contributed by atoms with van der Waals surface area (Å²) in [6.07, 6.45) is 6.39. The summed E-state index contributed by atoms with van der Waals surface area (Å²) in [6.45, 7) is 0. The van der Waals surface area contributed by atoms with Gasteiger partial charge in [-0.05, 0) is 18.8 Å². The lowest BCUT2D eigenvalue weighted by atomic mass is 9.82. The number of carboxylic acids is 1. The van der Waals surface area contributed by atoms with E-state index in [4.69, 9.17) is 4.42 Å². The van der Waals surface area contributed by atoms with Crippen molar-refractivity contribution in [2.45, 2.75) is 50.9 Å². The third-order valence-corrected chi connectivity index (χ3v) is 4.08. The van der Waals surface area contributed by atoms with Gasteiger partial charge in [-0.25, -0.2) is 4.79 Å². The topological polar surface area (TPSA) is 67.5 Å². The van der Waals surface area contributed by atoms with Gasteiger partial charge in [-0.15, -0.1) is 0 Å². The van der Waals surface area contributed by atoms with Crippen LogP contribution in [0.3, 0.4) is 0 Å². The molecule has 1 aromatic rings. The molecule has 0 spiro atoms. The fourth-order valence-corrected chi connectivity index (χ4v) is 3.27. The van der Waals surface area contributed by atoms with Gasteiger partial charge in [0, 0.05) is 18.4 Å². The van der Waals surface area contributed by atoms with Gasteiger partial charge in [0.1, 0.15) is 5.76 Å². The SMILES string of the molecule is O=C(O)c1oc2c(c1C1CCCCC1)C(=O)CC2. The van der Waals surface area contributed by atoms with E-state index in [1.54, 1.807) is 0 Å². The summed E-state index contributed by atoms with van der Waals surface area (Å²) >= 11 is 0. The highest BCUT2D eigenvalue weighted by atomic mass is 16.4. The van der Waals surface area contributed by atoms with Gasteiger partial charge in [0.15, 0.2) is 5.78 Å². The summed E-state index contributed by atoms with van der Waals surface area (Å²) in [6, 6.07) is 0. The molecular weight excluding hydrogens is 232 g/mol. The van der Waals surface area contributed by atoms with Gasteiger partial charge in [0.25, 0.3) is 0 Å². The van der Waals surface area contributed by atoms with Gasteiger partial charge in [-0.2, -0.15) is 0 Å². The minimum absolute atomic E-state index is 0.0138. The molecule has 4 nitrogen and oxygen atoms in total. The van der Waals surface area contributed by atoms with Crippen LogP contribution in [0.15, 0.2) is 4.42 Å². The second kappa shape index (κ2) is 4.26. The Morgan fingerprint density at radius 2 is 1.89 bits per heavy atom. The van der Waals surface area contributed by atoms with Crippen molar-refractivity contribution in [3.8, 4) is 0 Å². The monoisotopic (exact) mass is 248 g/mol. The zero-order valence-electron chi connectivity index (χ0n) is 10.2. The number of carboxylic acid groups (broad SMARTS) is 1. The van der Waals surface area contributed by atoms with Crippen molar-refractivity contribution in [3.05, 3.63) is 22.6 Å². The van der Waals surface area contributed by atoms with Crippen LogP contribution in [0.25, 0.3) is 0 Å². The molecule has 0 bridgehead atoms. The summed E-state index contributed by atoms with van der Waals surface area (Å²) in [5, 5.41) is 9.23. The number of hydrogen-bond donors (Lipinski definition) is 1. The van der Waals surface area contributed by atoms with Gasteiger partial charge in [0.05, 0.1) is 5.56 Å². The Bertz CT molecular complexity index is 506. The smallest absolute Gasteiger partial charge is 0.372 e. The molecule has 0 amide bonds. The Morgan fingerprint density at radius 1 is 1.17 bits per heavy atom. The van der Waals surface area contributed by atoms with Crippen LogP contribution in [0, 0.1) is 0 Å². The predicted molar refractivity (Wildman–Crippen MR) is 64.1 cm³/mol. The van der Waals surface area contributed by atoms with Crippen molar-refractivity contribution in [2.24, 2.45) is 0 Å². The van der Waals surface area contributed by atoms with Crippen molar-refractivity contribution in [2.75, 3.05) is 0 Å². The largest absolute Gasteiger partial charge is 0.475 e. The first-order valence-electron chi connectivity index (χ1n) is 6.60. The van der Waals surface area contributed by atoms with Crippen molar-refractivity contribution in [3.63, 3.8) is 0 Å². The Morgan fingerprint density at radius 3 is 2.56 bits per heavy atom. The Labute approximate surface area is 105 Å². The maximum absolute atomic E-state index is 11.9. The van der Waals surface area contributed by atoms with Crippen LogP contribution in [0.4, 0.5) is 0 Å². The van der Waals surface area contributed by atoms with Gasteiger partial charge >= 0.3 is 5.97 Å². The molecule has 0 atom stereocenters. The molecule has 18 heavy (non-hydrogen) atoms. The van der Waals surface area contributed by atoms with E-state index in [0.29, 0.717) is 29.7 Å². The highest BCUT2D eigenvalue weighted by molar-refractivity contribution is 6.04. The zero-order chi connectivity index (χ0) is 12.7. The second-order valence-corrected chi connectivity index (χ2v) is 5.21. The molecule has 96 valence electrons. The molecule has 1 heterocycles. The first-order valence-corrected chi connectivity index (χ1v) is 6.60. The number of hydrogen-bond acceptors (Lipinski definition) is 3. The number of aromatic carboxylic acids is 1. The fraction of sp³-hybridized carbons (Fsp3) is 0.571. The molecule has 1 aromatic heterocycles. The first-order chi connectivity index (χ1) is 8.68. The molecule has 0 saturated heterocycles. The highest BCUT2D eigenvalue weighted by Gasteiger charge is 2.36. The normalized spacial score (nSPS) is 20.1. The van der Waals surface area contributed by atoms with E-state index in [0.717, 1.165) is 25.7 Å². The number of carbonyl (C=O) groups is 2. The number of Topliss-reactive ketones (excluding diaryl/α,β-unsaturated/α-hetero) is 1. The Hall–Kier alpha value is -1.58. The minimum Gasteiger partial charge on any atom is -0.475 e. The van der Waals surface area contributed by atoms with Crippen LogP contribution in [-0.4, -0.2) is 16.9 Å².